The molecule has 5 heterocycles. The molecule has 0 fully saturated rings. The summed E-state index contributed by atoms with van der Waals surface area (Å²) in [5.41, 5.74) is 22.4. The molecule has 1 unspecified atom stereocenters. The maximum absolute atomic E-state index is 12.0. The Kier molecular flexibility index (Phi) is 9.96. The highest BCUT2D eigenvalue weighted by Gasteiger charge is 2.31. The second-order valence-corrected chi connectivity index (χ2v) is 23.2. The number of hydrogen-bond acceptors (Lipinski definition) is 3. The molecule has 5 aromatic heterocycles. The van der Waals surface area contributed by atoms with Gasteiger partial charge in [0.2, 0.25) is 5.69 Å². The van der Waals surface area contributed by atoms with Crippen molar-refractivity contribution in [3.8, 4) is 56.5 Å². The summed E-state index contributed by atoms with van der Waals surface area (Å²) < 4.78 is 20.5. The van der Waals surface area contributed by atoms with Crippen LogP contribution in [0.4, 0.5) is 5.69 Å². The molecule has 0 N–H and O–H groups in total. The lowest BCUT2D eigenvalue weighted by molar-refractivity contribution is 0.672. The van der Waals surface area contributed by atoms with E-state index in [1.165, 1.54) is 33.2 Å². The van der Waals surface area contributed by atoms with Crippen LogP contribution in [0.2, 0.25) is 0 Å². The fourth-order valence-electron chi connectivity index (χ4n) is 15.0. The summed E-state index contributed by atoms with van der Waals surface area (Å²) in [5, 5.41) is 22.1. The highest BCUT2D eigenvalue weighted by atomic mass is 16.3. The van der Waals surface area contributed by atoms with Crippen molar-refractivity contribution in [2.24, 2.45) is 0 Å². The number of nitrogens with zero attached hydrogens (tertiary/aromatic N) is 5. The van der Waals surface area contributed by atoms with E-state index in [0.717, 1.165) is 132 Å². The van der Waals surface area contributed by atoms with Crippen LogP contribution in [-0.4, -0.2) is 13.7 Å². The smallest absolute Gasteiger partial charge is 0.212 e. The van der Waals surface area contributed by atoms with Crippen molar-refractivity contribution in [1.29, 1.82) is 5.26 Å². The lowest BCUT2D eigenvalue weighted by atomic mass is 9.89. The molecule has 1 aliphatic rings. The first-order chi connectivity index (χ1) is 43.6. The van der Waals surface area contributed by atoms with E-state index in [-0.39, 0.29) is 5.92 Å². The fourth-order valence-corrected chi connectivity index (χ4v) is 15.0. The SMILES string of the molecule is [C-]#[N+]c1ccc(-n2c3ccc(-c4ccc5c(c4)-c4ccccc4C5c4ccccc4)cc3c3c4oc5ccccc5c4ccc32)c(C#N)c1-n1c2ccc(-c3ccc4c(c3)c3ccccc3n4-c3ccccc3)cc2c2c3oc4ccccc4c3ccc21. The Morgan fingerprint density at radius 2 is 0.875 bits per heavy atom. The minimum absolute atomic E-state index is 0.144. The predicted octanol–water partition coefficient (Wildman–Crippen LogP) is 21.7. The third kappa shape index (κ3) is 6.64. The molecular formula is C81H45N5O2. The molecular weight excluding hydrogens is 1070 g/mol. The van der Waals surface area contributed by atoms with Gasteiger partial charge in [0.15, 0.2) is 0 Å². The van der Waals surface area contributed by atoms with Crippen molar-refractivity contribution >= 4 is 115 Å². The van der Waals surface area contributed by atoms with Crippen molar-refractivity contribution < 1.29 is 8.83 Å². The van der Waals surface area contributed by atoms with Crippen LogP contribution in [0.1, 0.15) is 28.2 Å². The Hall–Kier alpha value is -12.2. The summed E-state index contributed by atoms with van der Waals surface area (Å²) in [6.07, 6.45) is 0. The lowest BCUT2D eigenvalue weighted by Crippen LogP contribution is -2.04. The Balaban J connectivity index is 0.842. The standard InChI is InChI=1S/C81H45N5O2/c1-83-66-35-41-71(85-69-37-30-50(44-63(69)77-72(85)39-33-59-55-22-11-14-26-74(55)87-80(59)77)48-28-32-58-61(42-48)53-20-8-9-24-57(53)76(58)47-16-4-2-5-17-47)65(46-82)79(66)86-70-38-31-51(45-64(70)78-73(86)40-34-60-56-23-12-15-27-75(56)88-81(60)78)49-29-36-68-62(43-49)54-21-10-13-25-67(54)84(68)52-18-6-3-7-19-52/h2-45,76H. The molecule has 0 amide bonds. The van der Waals surface area contributed by atoms with Gasteiger partial charge in [-0.15, -0.1) is 0 Å². The van der Waals surface area contributed by atoms with Gasteiger partial charge in [-0.05, 0) is 153 Å². The van der Waals surface area contributed by atoms with Crippen molar-refractivity contribution in [3.63, 3.8) is 0 Å². The number of aromatic nitrogens is 3. The Morgan fingerprint density at radius 3 is 1.53 bits per heavy atom. The Labute approximate surface area is 503 Å². The quantitative estimate of drug-likeness (QED) is 0.156. The molecule has 0 spiro atoms. The summed E-state index contributed by atoms with van der Waals surface area (Å²) >= 11 is 0. The van der Waals surface area contributed by atoms with Gasteiger partial charge in [-0.1, -0.05) is 164 Å². The summed E-state index contributed by atoms with van der Waals surface area (Å²) in [6.45, 7) is 8.87. The van der Waals surface area contributed by atoms with Crippen LogP contribution in [0.25, 0.3) is 165 Å². The van der Waals surface area contributed by atoms with Crippen LogP contribution in [0.5, 0.6) is 0 Å². The van der Waals surface area contributed by atoms with Crippen LogP contribution in [0.15, 0.2) is 276 Å². The van der Waals surface area contributed by atoms with E-state index < -0.39 is 0 Å². The van der Waals surface area contributed by atoms with E-state index in [0.29, 0.717) is 22.6 Å². The van der Waals surface area contributed by atoms with E-state index in [2.05, 4.69) is 249 Å². The minimum atomic E-state index is 0.144. The predicted molar refractivity (Wildman–Crippen MR) is 359 cm³/mol. The van der Waals surface area contributed by atoms with Gasteiger partial charge in [0.25, 0.3) is 0 Å². The third-order valence-electron chi connectivity index (χ3n) is 18.8. The molecule has 0 bridgehead atoms. The molecule has 19 rings (SSSR count). The molecule has 406 valence electrons. The first-order valence-electron chi connectivity index (χ1n) is 29.7. The van der Waals surface area contributed by atoms with E-state index in [4.69, 9.17) is 15.4 Å². The molecule has 13 aromatic carbocycles. The summed E-state index contributed by atoms with van der Waals surface area (Å²) in [5.74, 6) is 0.144. The van der Waals surface area contributed by atoms with Gasteiger partial charge in [-0.2, -0.15) is 5.26 Å². The van der Waals surface area contributed by atoms with Crippen molar-refractivity contribution in [2.75, 3.05) is 0 Å². The number of nitriles is 1. The lowest BCUT2D eigenvalue weighted by Gasteiger charge is -2.17. The Morgan fingerprint density at radius 1 is 0.375 bits per heavy atom. The number of rotatable bonds is 6. The van der Waals surface area contributed by atoms with Gasteiger partial charge in [0.1, 0.15) is 28.4 Å². The molecule has 0 aliphatic heterocycles. The molecule has 1 atom stereocenters. The minimum Gasteiger partial charge on any atom is -0.455 e. The zero-order valence-electron chi connectivity index (χ0n) is 47.0. The number of fused-ring (bicyclic) bond motifs is 20. The summed E-state index contributed by atoms with van der Waals surface area (Å²) in [7, 11) is 0. The molecule has 18 aromatic rings. The van der Waals surface area contributed by atoms with E-state index >= 15 is 0 Å². The zero-order chi connectivity index (χ0) is 57.9. The maximum atomic E-state index is 12.0. The first kappa shape index (κ1) is 48.2. The van der Waals surface area contributed by atoms with Crippen molar-refractivity contribution in [3.05, 3.63) is 301 Å². The second-order valence-electron chi connectivity index (χ2n) is 23.2. The molecule has 7 heteroatoms. The summed E-state index contributed by atoms with van der Waals surface area (Å²) in [4.78, 5) is 4.24. The van der Waals surface area contributed by atoms with Gasteiger partial charge in [0, 0.05) is 54.7 Å². The van der Waals surface area contributed by atoms with Crippen molar-refractivity contribution in [2.45, 2.75) is 5.92 Å². The van der Waals surface area contributed by atoms with E-state index in [1.807, 2.05) is 42.5 Å². The molecule has 0 saturated carbocycles. The highest BCUT2D eigenvalue weighted by molar-refractivity contribution is 6.26. The zero-order valence-corrected chi connectivity index (χ0v) is 47.0. The molecule has 0 saturated heterocycles. The molecule has 1 aliphatic carbocycles. The molecule has 0 radical (unpaired) electrons. The second kappa shape index (κ2) is 18.2. The fraction of sp³-hybridized carbons (Fsp3) is 0.0123. The topological polar surface area (TPSA) is 69.2 Å². The van der Waals surface area contributed by atoms with Gasteiger partial charge in [-0.25, -0.2) is 4.85 Å². The normalized spacial score (nSPS) is 13.1. The number of hydrogen-bond donors (Lipinski definition) is 0. The van der Waals surface area contributed by atoms with Crippen LogP contribution < -0.4 is 0 Å². The average Bonchev–Trinajstić information content (AvgIpc) is 1.58. The Bertz CT molecular complexity index is 6160. The first-order valence-corrected chi connectivity index (χ1v) is 29.7. The number of furan rings is 2. The van der Waals surface area contributed by atoms with Crippen LogP contribution in [-0.2, 0) is 0 Å². The largest absolute Gasteiger partial charge is 0.455 e. The van der Waals surface area contributed by atoms with Crippen molar-refractivity contribution in [1.82, 2.24) is 13.7 Å². The number of para-hydroxylation sites is 4. The third-order valence-corrected chi connectivity index (χ3v) is 18.8. The van der Waals surface area contributed by atoms with Gasteiger partial charge < -0.3 is 22.5 Å². The molecule has 88 heavy (non-hydrogen) atoms. The van der Waals surface area contributed by atoms with Crippen LogP contribution in [0.3, 0.4) is 0 Å². The maximum Gasteiger partial charge on any atom is 0.212 e. The average molecular weight is 1120 g/mol. The van der Waals surface area contributed by atoms with Gasteiger partial charge in [-0.3, -0.25) is 0 Å². The van der Waals surface area contributed by atoms with Gasteiger partial charge in [0.05, 0.1) is 67.4 Å². The van der Waals surface area contributed by atoms with Crippen LogP contribution in [0, 0.1) is 17.9 Å². The monoisotopic (exact) mass is 1120 g/mol. The molecule has 7 nitrogen and oxygen atoms in total. The van der Waals surface area contributed by atoms with Gasteiger partial charge >= 0.3 is 0 Å². The highest BCUT2D eigenvalue weighted by Crippen LogP contribution is 2.51. The van der Waals surface area contributed by atoms with E-state index in [1.54, 1.807) is 0 Å². The number of benzene rings is 13. The van der Waals surface area contributed by atoms with Crippen LogP contribution >= 0.6 is 0 Å². The van der Waals surface area contributed by atoms with E-state index in [9.17, 15) is 5.26 Å². The summed E-state index contributed by atoms with van der Waals surface area (Å²) in [6, 6.07) is 97.2.